The third-order valence-electron chi connectivity index (χ3n) is 4.48. The second kappa shape index (κ2) is 9.80. The summed E-state index contributed by atoms with van der Waals surface area (Å²) in [4.78, 5) is 52.7. The van der Waals surface area contributed by atoms with Crippen LogP contribution < -0.4 is 10.9 Å². The van der Waals surface area contributed by atoms with Crippen LogP contribution in [0.5, 0.6) is 0 Å². The molecule has 8 nitrogen and oxygen atoms in total. The topological polar surface area (TPSA) is 107 Å². The fourth-order valence-electron chi connectivity index (χ4n) is 2.96. The average Bonchev–Trinajstić information content (AvgIpc) is 2.74. The van der Waals surface area contributed by atoms with Crippen molar-refractivity contribution in [1.82, 2.24) is 9.55 Å². The first-order chi connectivity index (χ1) is 14.8. The number of nitrogens with one attached hydrogen (secondary N) is 1. The lowest BCUT2D eigenvalue weighted by Crippen LogP contribution is -2.26. The van der Waals surface area contributed by atoms with Crippen LogP contribution >= 0.6 is 0 Å². The van der Waals surface area contributed by atoms with Gasteiger partial charge in [0, 0.05) is 17.7 Å². The van der Waals surface area contributed by atoms with E-state index in [1.54, 1.807) is 48.5 Å². The third-order valence-corrected chi connectivity index (χ3v) is 4.48. The lowest BCUT2D eigenvalue weighted by molar-refractivity contribution is -0.143. The Balaban J connectivity index is 1.54. The molecule has 0 saturated carbocycles. The molecule has 31 heavy (non-hydrogen) atoms. The van der Waals surface area contributed by atoms with Gasteiger partial charge in [-0.1, -0.05) is 26.0 Å². The zero-order valence-electron chi connectivity index (χ0n) is 17.3. The van der Waals surface area contributed by atoms with Gasteiger partial charge in [0.15, 0.2) is 12.4 Å². The van der Waals surface area contributed by atoms with Gasteiger partial charge in [0.1, 0.15) is 6.54 Å². The maximum absolute atomic E-state index is 12.4. The van der Waals surface area contributed by atoms with Crippen LogP contribution in [0.2, 0.25) is 0 Å². The number of para-hydroxylation sites is 1. The maximum atomic E-state index is 12.4. The molecule has 0 fully saturated rings. The SMILES string of the molecule is CC(C)CC(=O)Nc1ccc(C(=O)COC(=O)Cn2cnc3ccccc3c2=O)cc1. The zero-order valence-corrected chi connectivity index (χ0v) is 17.3. The Hall–Kier alpha value is -3.81. The summed E-state index contributed by atoms with van der Waals surface area (Å²) in [5.74, 6) is -0.958. The van der Waals surface area contributed by atoms with Crippen molar-refractivity contribution in [1.29, 1.82) is 0 Å². The molecule has 0 aliphatic heterocycles. The van der Waals surface area contributed by atoms with Gasteiger partial charge in [0.25, 0.3) is 5.56 Å². The standard InChI is InChI=1S/C23H23N3O5/c1-15(2)11-21(28)25-17-9-7-16(8-10-17)20(27)13-31-22(29)12-26-14-24-19-6-4-3-5-18(19)23(26)30/h3-10,14-15H,11-13H2,1-2H3,(H,25,28). The van der Waals surface area contributed by atoms with Crippen molar-refractivity contribution >= 4 is 34.3 Å². The van der Waals surface area contributed by atoms with E-state index in [1.165, 1.54) is 6.33 Å². The molecule has 3 rings (SSSR count). The summed E-state index contributed by atoms with van der Waals surface area (Å²) in [7, 11) is 0. The Bertz CT molecular complexity index is 1170. The van der Waals surface area contributed by atoms with E-state index < -0.39 is 18.4 Å². The monoisotopic (exact) mass is 421 g/mol. The predicted octanol–water partition coefficient (Wildman–Crippen LogP) is 2.81. The minimum atomic E-state index is -0.717. The Morgan fingerprint density at radius 1 is 1.06 bits per heavy atom. The number of Topliss-reactive ketones (excluding diaryl/α,β-unsaturated/α-hetero) is 1. The lowest BCUT2D eigenvalue weighted by Gasteiger charge is -2.09. The summed E-state index contributed by atoms with van der Waals surface area (Å²) in [6.45, 7) is 3.11. The van der Waals surface area contributed by atoms with E-state index in [4.69, 9.17) is 4.74 Å². The van der Waals surface area contributed by atoms with E-state index in [1.807, 2.05) is 13.8 Å². The molecule has 0 unspecified atom stereocenters. The summed E-state index contributed by atoms with van der Waals surface area (Å²) in [6.07, 6.45) is 1.69. The quantitative estimate of drug-likeness (QED) is 0.443. The molecule has 0 aliphatic rings. The van der Waals surface area contributed by atoms with Crippen LogP contribution in [0.15, 0.2) is 59.7 Å². The van der Waals surface area contributed by atoms with Crippen LogP contribution in [0.1, 0.15) is 30.6 Å². The van der Waals surface area contributed by atoms with Crippen molar-refractivity contribution in [3.63, 3.8) is 0 Å². The molecule has 0 atom stereocenters. The molecule has 0 saturated heterocycles. The van der Waals surface area contributed by atoms with Gasteiger partial charge in [0.2, 0.25) is 5.91 Å². The highest BCUT2D eigenvalue weighted by molar-refractivity contribution is 5.98. The fourth-order valence-corrected chi connectivity index (χ4v) is 2.96. The minimum Gasteiger partial charge on any atom is -0.456 e. The van der Waals surface area contributed by atoms with E-state index in [0.29, 0.717) is 28.6 Å². The van der Waals surface area contributed by atoms with Crippen LogP contribution in [-0.4, -0.2) is 33.8 Å². The number of nitrogens with zero attached hydrogens (tertiary/aromatic N) is 2. The molecule has 1 aromatic heterocycles. The molecule has 0 radical (unpaired) electrons. The van der Waals surface area contributed by atoms with Gasteiger partial charge in [-0.3, -0.25) is 23.7 Å². The van der Waals surface area contributed by atoms with Crippen molar-refractivity contribution in [2.45, 2.75) is 26.8 Å². The Kier molecular flexibility index (Phi) is 6.92. The van der Waals surface area contributed by atoms with Gasteiger partial charge in [-0.15, -0.1) is 0 Å². The number of rotatable bonds is 8. The molecule has 0 spiro atoms. The molecule has 3 aromatic rings. The number of anilines is 1. The first kappa shape index (κ1) is 21.9. The number of esters is 1. The van der Waals surface area contributed by atoms with Gasteiger partial charge in [0.05, 0.1) is 17.2 Å². The number of hydrogen-bond donors (Lipinski definition) is 1. The van der Waals surface area contributed by atoms with E-state index in [-0.39, 0.29) is 23.9 Å². The first-order valence-corrected chi connectivity index (χ1v) is 9.86. The maximum Gasteiger partial charge on any atom is 0.326 e. The van der Waals surface area contributed by atoms with Crippen molar-refractivity contribution in [2.75, 3.05) is 11.9 Å². The Labute approximate surface area is 178 Å². The van der Waals surface area contributed by atoms with Gasteiger partial charge in [-0.2, -0.15) is 0 Å². The van der Waals surface area contributed by atoms with Gasteiger partial charge < -0.3 is 10.1 Å². The Morgan fingerprint density at radius 3 is 2.48 bits per heavy atom. The second-order valence-corrected chi connectivity index (χ2v) is 7.50. The zero-order chi connectivity index (χ0) is 22.4. The van der Waals surface area contributed by atoms with Gasteiger partial charge >= 0.3 is 5.97 Å². The number of hydrogen-bond acceptors (Lipinski definition) is 6. The molecule has 1 N–H and O–H groups in total. The van der Waals surface area contributed by atoms with E-state index >= 15 is 0 Å². The van der Waals surface area contributed by atoms with Gasteiger partial charge in [-0.05, 0) is 42.3 Å². The third kappa shape index (κ3) is 5.85. The predicted molar refractivity (Wildman–Crippen MR) is 116 cm³/mol. The molecule has 160 valence electrons. The minimum absolute atomic E-state index is 0.0959. The summed E-state index contributed by atoms with van der Waals surface area (Å²) in [6, 6.07) is 13.2. The summed E-state index contributed by atoms with van der Waals surface area (Å²) >= 11 is 0. The first-order valence-electron chi connectivity index (χ1n) is 9.86. The summed E-state index contributed by atoms with van der Waals surface area (Å²) < 4.78 is 6.16. The smallest absolute Gasteiger partial charge is 0.326 e. The van der Waals surface area contributed by atoms with E-state index in [9.17, 15) is 19.2 Å². The fraction of sp³-hybridized carbons (Fsp3) is 0.261. The Morgan fingerprint density at radius 2 is 1.77 bits per heavy atom. The summed E-state index contributed by atoms with van der Waals surface area (Å²) in [5.41, 5.74) is 1.11. The van der Waals surface area contributed by atoms with Crippen molar-refractivity contribution in [3.05, 3.63) is 70.8 Å². The van der Waals surface area contributed by atoms with E-state index in [0.717, 1.165) is 4.57 Å². The van der Waals surface area contributed by atoms with Crippen LogP contribution in [0.4, 0.5) is 5.69 Å². The number of carbonyl (C=O) groups excluding carboxylic acids is 3. The molecule has 0 bridgehead atoms. The number of ether oxygens (including phenoxy) is 1. The summed E-state index contributed by atoms with van der Waals surface area (Å²) in [5, 5.41) is 3.16. The number of ketones is 1. The average molecular weight is 421 g/mol. The van der Waals surface area contributed by atoms with E-state index in [2.05, 4.69) is 10.3 Å². The van der Waals surface area contributed by atoms with Gasteiger partial charge in [-0.25, -0.2) is 4.98 Å². The number of aromatic nitrogens is 2. The second-order valence-electron chi connectivity index (χ2n) is 7.50. The number of benzene rings is 2. The largest absolute Gasteiger partial charge is 0.456 e. The van der Waals surface area contributed by atoms with Crippen molar-refractivity contribution in [2.24, 2.45) is 5.92 Å². The lowest BCUT2D eigenvalue weighted by atomic mass is 10.1. The van der Waals surface area contributed by atoms with Crippen LogP contribution in [0, 0.1) is 5.92 Å². The molecule has 2 aromatic carbocycles. The highest BCUT2D eigenvalue weighted by Gasteiger charge is 2.13. The molecular weight excluding hydrogens is 398 g/mol. The van der Waals surface area contributed by atoms with Crippen molar-refractivity contribution in [3.8, 4) is 0 Å². The molecule has 0 aliphatic carbocycles. The molecule has 8 heteroatoms. The van der Waals surface area contributed by atoms with Crippen LogP contribution in [-0.2, 0) is 20.9 Å². The number of fused-ring (bicyclic) bond motifs is 1. The van der Waals surface area contributed by atoms with Crippen LogP contribution in [0.25, 0.3) is 10.9 Å². The molecular formula is C23H23N3O5. The molecule has 1 heterocycles. The molecule has 1 amide bonds. The normalized spacial score (nSPS) is 10.8. The van der Waals surface area contributed by atoms with Crippen LogP contribution in [0.3, 0.4) is 0 Å². The number of carbonyl (C=O) groups is 3. The van der Waals surface area contributed by atoms with Crippen molar-refractivity contribution < 1.29 is 19.1 Å². The highest BCUT2D eigenvalue weighted by atomic mass is 16.5. The number of amides is 1. The highest BCUT2D eigenvalue weighted by Crippen LogP contribution is 2.12.